The molecule has 1 aromatic carbocycles. The second kappa shape index (κ2) is 5.87. The van der Waals surface area contributed by atoms with E-state index >= 15 is 0 Å². The highest BCUT2D eigenvalue weighted by molar-refractivity contribution is 9.10. The summed E-state index contributed by atoms with van der Waals surface area (Å²) in [5, 5.41) is 0. The van der Waals surface area contributed by atoms with Gasteiger partial charge in [-0.2, -0.15) is 0 Å². The average Bonchev–Trinajstić information content (AvgIpc) is 2.28. The molecule has 0 aliphatic heterocycles. The fourth-order valence-corrected chi connectivity index (χ4v) is 1.97. The molecule has 0 aromatic heterocycles. The molecule has 92 valence electrons. The van der Waals surface area contributed by atoms with Crippen LogP contribution in [0.1, 0.15) is 24.2 Å². The number of hydrogen-bond acceptors (Lipinski definition) is 2. The summed E-state index contributed by atoms with van der Waals surface area (Å²) in [7, 11) is 0. The molecular weight excluding hydrogens is 280 g/mol. The van der Waals surface area contributed by atoms with Crippen LogP contribution in [-0.4, -0.2) is 23.9 Å². The maximum atomic E-state index is 12.3. The van der Waals surface area contributed by atoms with E-state index in [0.29, 0.717) is 28.8 Å². The Bertz CT molecular complexity index is 443. The van der Waals surface area contributed by atoms with Crippen molar-refractivity contribution >= 4 is 27.5 Å². The highest BCUT2D eigenvalue weighted by atomic mass is 79.9. The highest BCUT2D eigenvalue weighted by Crippen LogP contribution is 2.25. The van der Waals surface area contributed by atoms with Gasteiger partial charge in [-0.3, -0.25) is 4.79 Å². The van der Waals surface area contributed by atoms with E-state index in [1.54, 1.807) is 23.1 Å². The maximum absolute atomic E-state index is 12.3. The van der Waals surface area contributed by atoms with E-state index in [2.05, 4.69) is 22.5 Å². The predicted octanol–water partition coefficient (Wildman–Crippen LogP) is 3.07. The topological polar surface area (TPSA) is 46.3 Å². The fraction of sp³-hybridized carbons (Fsp3) is 0.308. The molecule has 0 aliphatic rings. The number of carbonyl (C=O) groups is 1. The minimum absolute atomic E-state index is 0.0327. The van der Waals surface area contributed by atoms with Crippen molar-refractivity contribution in [2.45, 2.75) is 13.8 Å². The summed E-state index contributed by atoms with van der Waals surface area (Å²) in [6.45, 7) is 8.89. The van der Waals surface area contributed by atoms with Crippen molar-refractivity contribution in [2.75, 3.05) is 18.8 Å². The molecule has 0 saturated heterocycles. The van der Waals surface area contributed by atoms with Crippen LogP contribution >= 0.6 is 15.9 Å². The van der Waals surface area contributed by atoms with Gasteiger partial charge in [-0.1, -0.05) is 18.2 Å². The number of amides is 1. The standard InChI is InChI=1S/C13H17BrN2O/c1-4-16(8-9(2)3)13(17)10-6-5-7-11(15)12(10)14/h5-7H,2,4,8,15H2,1,3H3. The van der Waals surface area contributed by atoms with Gasteiger partial charge < -0.3 is 10.6 Å². The largest absolute Gasteiger partial charge is 0.398 e. The lowest BCUT2D eigenvalue weighted by Gasteiger charge is -2.21. The van der Waals surface area contributed by atoms with Crippen molar-refractivity contribution in [1.29, 1.82) is 0 Å². The summed E-state index contributed by atoms with van der Waals surface area (Å²) >= 11 is 3.35. The van der Waals surface area contributed by atoms with Crippen LogP contribution in [0.25, 0.3) is 0 Å². The van der Waals surface area contributed by atoms with Crippen LogP contribution in [-0.2, 0) is 0 Å². The molecule has 0 radical (unpaired) electrons. The Kier molecular flexibility index (Phi) is 4.75. The van der Waals surface area contributed by atoms with Gasteiger partial charge in [-0.25, -0.2) is 0 Å². The number of nitrogens with zero attached hydrogens (tertiary/aromatic N) is 1. The van der Waals surface area contributed by atoms with Crippen LogP contribution in [0.15, 0.2) is 34.8 Å². The lowest BCUT2D eigenvalue weighted by atomic mass is 10.1. The van der Waals surface area contributed by atoms with Gasteiger partial charge in [0, 0.05) is 18.8 Å². The SMILES string of the molecule is C=C(C)CN(CC)C(=O)c1cccc(N)c1Br. The molecule has 0 spiro atoms. The number of hydrogen-bond donors (Lipinski definition) is 1. The normalized spacial score (nSPS) is 10.1. The lowest BCUT2D eigenvalue weighted by molar-refractivity contribution is 0.0777. The smallest absolute Gasteiger partial charge is 0.255 e. The van der Waals surface area contributed by atoms with E-state index in [-0.39, 0.29) is 5.91 Å². The predicted molar refractivity (Wildman–Crippen MR) is 74.9 cm³/mol. The first-order valence-corrected chi connectivity index (χ1v) is 6.24. The molecule has 1 rings (SSSR count). The summed E-state index contributed by atoms with van der Waals surface area (Å²) in [6.07, 6.45) is 0. The quantitative estimate of drug-likeness (QED) is 0.686. The number of carbonyl (C=O) groups excluding carboxylic acids is 1. The Morgan fingerprint density at radius 1 is 1.53 bits per heavy atom. The zero-order chi connectivity index (χ0) is 13.0. The highest BCUT2D eigenvalue weighted by Gasteiger charge is 2.17. The number of nitrogens with two attached hydrogens (primary N) is 1. The summed E-state index contributed by atoms with van der Waals surface area (Å²) in [5.74, 6) is -0.0327. The van der Waals surface area contributed by atoms with E-state index < -0.39 is 0 Å². The number of rotatable bonds is 4. The molecule has 0 atom stereocenters. The molecule has 4 heteroatoms. The molecule has 1 amide bonds. The number of nitrogen functional groups attached to an aromatic ring is 1. The zero-order valence-corrected chi connectivity index (χ0v) is 11.8. The number of benzene rings is 1. The third-order valence-electron chi connectivity index (χ3n) is 2.39. The van der Waals surface area contributed by atoms with Gasteiger partial charge in [0.25, 0.3) is 5.91 Å². The van der Waals surface area contributed by atoms with Crippen molar-refractivity contribution in [1.82, 2.24) is 4.90 Å². The second-order valence-corrected chi connectivity index (χ2v) is 4.78. The summed E-state index contributed by atoms with van der Waals surface area (Å²) in [4.78, 5) is 14.0. The molecule has 3 nitrogen and oxygen atoms in total. The summed E-state index contributed by atoms with van der Waals surface area (Å²) < 4.78 is 0.658. The van der Waals surface area contributed by atoms with Crippen LogP contribution in [0.5, 0.6) is 0 Å². The molecule has 2 N–H and O–H groups in total. The van der Waals surface area contributed by atoms with Gasteiger partial charge in [0.1, 0.15) is 0 Å². The Hall–Kier alpha value is -1.29. The van der Waals surface area contributed by atoms with Gasteiger partial charge >= 0.3 is 0 Å². The van der Waals surface area contributed by atoms with Crippen molar-refractivity contribution in [3.8, 4) is 0 Å². The van der Waals surface area contributed by atoms with Crippen LogP contribution in [0.4, 0.5) is 5.69 Å². The van der Waals surface area contributed by atoms with Crippen molar-refractivity contribution in [3.05, 3.63) is 40.4 Å². The Morgan fingerprint density at radius 2 is 2.18 bits per heavy atom. The molecule has 0 heterocycles. The number of likely N-dealkylation sites (N-methyl/N-ethyl adjacent to an activating group) is 1. The van der Waals surface area contributed by atoms with Crippen molar-refractivity contribution in [3.63, 3.8) is 0 Å². The molecule has 0 fully saturated rings. The second-order valence-electron chi connectivity index (χ2n) is 3.99. The van der Waals surface area contributed by atoms with Gasteiger partial charge in [-0.15, -0.1) is 0 Å². The van der Waals surface area contributed by atoms with Crippen molar-refractivity contribution < 1.29 is 4.79 Å². The number of anilines is 1. The Balaban J connectivity index is 3.02. The fourth-order valence-electron chi connectivity index (χ4n) is 1.54. The maximum Gasteiger partial charge on any atom is 0.255 e. The first kappa shape index (κ1) is 13.8. The van der Waals surface area contributed by atoms with Crippen LogP contribution < -0.4 is 5.73 Å². The van der Waals surface area contributed by atoms with Gasteiger partial charge in [0.15, 0.2) is 0 Å². The van der Waals surface area contributed by atoms with E-state index in [1.807, 2.05) is 13.8 Å². The summed E-state index contributed by atoms with van der Waals surface area (Å²) in [5.41, 5.74) is 7.89. The zero-order valence-electron chi connectivity index (χ0n) is 10.2. The third kappa shape index (κ3) is 3.33. The minimum Gasteiger partial charge on any atom is -0.398 e. The molecule has 1 aromatic rings. The van der Waals surface area contributed by atoms with E-state index in [1.165, 1.54) is 0 Å². The number of halogens is 1. The average molecular weight is 297 g/mol. The Morgan fingerprint density at radius 3 is 2.71 bits per heavy atom. The first-order valence-electron chi connectivity index (χ1n) is 5.45. The summed E-state index contributed by atoms with van der Waals surface area (Å²) in [6, 6.07) is 5.31. The molecule has 0 unspecified atom stereocenters. The van der Waals surface area contributed by atoms with Gasteiger partial charge in [0.05, 0.1) is 10.0 Å². The Labute approximate surface area is 110 Å². The third-order valence-corrected chi connectivity index (χ3v) is 3.27. The molecule has 0 bridgehead atoms. The van der Waals surface area contributed by atoms with Gasteiger partial charge in [0.2, 0.25) is 0 Å². The van der Waals surface area contributed by atoms with E-state index in [0.717, 1.165) is 5.57 Å². The first-order chi connectivity index (χ1) is 7.97. The van der Waals surface area contributed by atoms with E-state index in [4.69, 9.17) is 5.73 Å². The molecule has 0 aliphatic carbocycles. The van der Waals surface area contributed by atoms with Gasteiger partial charge in [-0.05, 0) is 41.9 Å². The van der Waals surface area contributed by atoms with Crippen molar-refractivity contribution in [2.24, 2.45) is 0 Å². The minimum atomic E-state index is -0.0327. The van der Waals surface area contributed by atoms with Crippen LogP contribution in [0.3, 0.4) is 0 Å². The van der Waals surface area contributed by atoms with Crippen LogP contribution in [0.2, 0.25) is 0 Å². The monoisotopic (exact) mass is 296 g/mol. The van der Waals surface area contributed by atoms with E-state index in [9.17, 15) is 4.79 Å². The lowest BCUT2D eigenvalue weighted by Crippen LogP contribution is -2.32. The molecule has 0 saturated carbocycles. The molecule has 17 heavy (non-hydrogen) atoms. The molecular formula is C13H17BrN2O. The van der Waals surface area contributed by atoms with Crippen LogP contribution in [0, 0.1) is 0 Å².